The van der Waals surface area contributed by atoms with Crippen LogP contribution in [-0.2, 0) is 24.3 Å². The molecule has 0 aliphatic carbocycles. The molecule has 43 heavy (non-hydrogen) atoms. The predicted octanol–water partition coefficient (Wildman–Crippen LogP) is 5.58. The second-order valence-corrected chi connectivity index (χ2v) is 10.8. The average molecular weight is 578 g/mol. The molecule has 0 radical (unpaired) electrons. The Balaban J connectivity index is 1.07. The molecule has 1 saturated heterocycles. The number of methoxy groups -OCH3 is 2. The minimum Gasteiger partial charge on any atom is -0.493 e. The number of carbonyl (C=O) groups excluding carboxylic acids is 2. The second kappa shape index (κ2) is 14.5. The third-order valence-electron chi connectivity index (χ3n) is 7.93. The van der Waals surface area contributed by atoms with E-state index in [-0.39, 0.29) is 11.8 Å². The van der Waals surface area contributed by atoms with Gasteiger partial charge in [0.1, 0.15) is 0 Å². The van der Waals surface area contributed by atoms with Gasteiger partial charge >= 0.3 is 0 Å². The summed E-state index contributed by atoms with van der Waals surface area (Å²) in [5.74, 6) is 1.34. The van der Waals surface area contributed by atoms with Gasteiger partial charge in [0.15, 0.2) is 11.5 Å². The van der Waals surface area contributed by atoms with E-state index in [1.54, 1.807) is 14.2 Å². The summed E-state index contributed by atoms with van der Waals surface area (Å²) in [6.07, 6.45) is 0.975. The summed E-state index contributed by atoms with van der Waals surface area (Å²) >= 11 is 0. The van der Waals surface area contributed by atoms with Gasteiger partial charge < -0.3 is 19.7 Å². The van der Waals surface area contributed by atoms with Crippen LogP contribution >= 0.6 is 0 Å². The SMILES string of the molecule is COc1ccc(CCC(=O)NCc2ccc(C(=O)N3CCN(Cc4ccccc4-c4ccccc4)CC3)cc2)cc1OC. The third kappa shape index (κ3) is 7.81. The van der Waals surface area contributed by atoms with Gasteiger partial charge in [-0.15, -0.1) is 0 Å². The van der Waals surface area contributed by atoms with Gasteiger partial charge in [-0.1, -0.05) is 72.8 Å². The maximum absolute atomic E-state index is 13.2. The largest absolute Gasteiger partial charge is 0.493 e. The first kappa shape index (κ1) is 29.9. The zero-order valence-electron chi connectivity index (χ0n) is 24.9. The monoisotopic (exact) mass is 577 g/mol. The van der Waals surface area contributed by atoms with E-state index in [9.17, 15) is 9.59 Å². The van der Waals surface area contributed by atoms with Crippen molar-refractivity contribution in [2.45, 2.75) is 25.9 Å². The van der Waals surface area contributed by atoms with Crippen LogP contribution in [0.3, 0.4) is 0 Å². The van der Waals surface area contributed by atoms with Gasteiger partial charge in [-0.3, -0.25) is 14.5 Å². The molecule has 0 unspecified atom stereocenters. The molecule has 0 atom stereocenters. The van der Waals surface area contributed by atoms with Gasteiger partial charge in [0.2, 0.25) is 5.91 Å². The Labute approximate surface area is 254 Å². The number of hydrogen-bond acceptors (Lipinski definition) is 5. The Hall–Kier alpha value is -4.62. The van der Waals surface area contributed by atoms with E-state index < -0.39 is 0 Å². The molecule has 1 fully saturated rings. The fourth-order valence-corrected chi connectivity index (χ4v) is 5.44. The number of ether oxygens (including phenoxy) is 2. The van der Waals surface area contributed by atoms with Crippen LogP contribution < -0.4 is 14.8 Å². The number of piperazine rings is 1. The number of benzene rings is 4. The van der Waals surface area contributed by atoms with Crippen LogP contribution in [0.4, 0.5) is 0 Å². The Kier molecular flexibility index (Phi) is 10.1. The zero-order valence-corrected chi connectivity index (χ0v) is 24.9. The molecular formula is C36H39N3O4. The molecule has 2 amide bonds. The van der Waals surface area contributed by atoms with E-state index in [0.717, 1.165) is 30.8 Å². The summed E-state index contributed by atoms with van der Waals surface area (Å²) in [6, 6.07) is 32.3. The van der Waals surface area contributed by atoms with Gasteiger partial charge in [-0.05, 0) is 58.5 Å². The van der Waals surface area contributed by atoms with Crippen molar-refractivity contribution in [1.29, 1.82) is 0 Å². The van der Waals surface area contributed by atoms with Crippen LogP contribution in [0.5, 0.6) is 11.5 Å². The smallest absolute Gasteiger partial charge is 0.253 e. The Bertz CT molecular complexity index is 1510. The quantitative estimate of drug-likeness (QED) is 0.252. The molecule has 7 nitrogen and oxygen atoms in total. The van der Waals surface area contributed by atoms with Crippen molar-refractivity contribution in [3.05, 3.63) is 119 Å². The van der Waals surface area contributed by atoms with E-state index in [1.807, 2.05) is 53.4 Å². The molecule has 222 valence electrons. The summed E-state index contributed by atoms with van der Waals surface area (Å²) in [5, 5.41) is 2.98. The Morgan fingerprint density at radius 2 is 1.42 bits per heavy atom. The van der Waals surface area contributed by atoms with Crippen LogP contribution in [0.25, 0.3) is 11.1 Å². The first-order chi connectivity index (χ1) is 21.0. The van der Waals surface area contributed by atoms with Crippen LogP contribution in [0.2, 0.25) is 0 Å². The highest BCUT2D eigenvalue weighted by Gasteiger charge is 2.23. The highest BCUT2D eigenvalue weighted by Crippen LogP contribution is 2.28. The Morgan fingerprint density at radius 3 is 2.14 bits per heavy atom. The fourth-order valence-electron chi connectivity index (χ4n) is 5.44. The molecule has 5 rings (SSSR count). The van der Waals surface area contributed by atoms with E-state index in [0.29, 0.717) is 49.5 Å². The molecule has 4 aromatic carbocycles. The fraction of sp³-hybridized carbons (Fsp3) is 0.278. The van der Waals surface area contributed by atoms with Crippen molar-refractivity contribution in [2.24, 2.45) is 0 Å². The van der Waals surface area contributed by atoms with Crippen molar-refractivity contribution in [3.63, 3.8) is 0 Å². The lowest BCUT2D eigenvalue weighted by Crippen LogP contribution is -2.48. The van der Waals surface area contributed by atoms with Crippen molar-refractivity contribution >= 4 is 11.8 Å². The highest BCUT2D eigenvalue weighted by molar-refractivity contribution is 5.94. The number of carbonyl (C=O) groups is 2. The lowest BCUT2D eigenvalue weighted by atomic mass is 9.99. The summed E-state index contributed by atoms with van der Waals surface area (Å²) in [4.78, 5) is 30.0. The second-order valence-electron chi connectivity index (χ2n) is 10.8. The van der Waals surface area contributed by atoms with Crippen molar-refractivity contribution in [1.82, 2.24) is 15.1 Å². The van der Waals surface area contributed by atoms with Gasteiger partial charge in [0.25, 0.3) is 5.91 Å². The van der Waals surface area contributed by atoms with Gasteiger partial charge in [-0.2, -0.15) is 0 Å². The third-order valence-corrected chi connectivity index (χ3v) is 7.93. The van der Waals surface area contributed by atoms with Crippen molar-refractivity contribution < 1.29 is 19.1 Å². The number of hydrogen-bond donors (Lipinski definition) is 1. The van der Waals surface area contributed by atoms with Crippen LogP contribution in [0.1, 0.15) is 33.5 Å². The molecule has 7 heteroatoms. The predicted molar refractivity (Wildman–Crippen MR) is 169 cm³/mol. The summed E-state index contributed by atoms with van der Waals surface area (Å²) in [7, 11) is 3.20. The molecule has 0 saturated carbocycles. The first-order valence-electron chi connectivity index (χ1n) is 14.8. The molecule has 0 aromatic heterocycles. The molecular weight excluding hydrogens is 538 g/mol. The summed E-state index contributed by atoms with van der Waals surface area (Å²) in [5.41, 5.74) is 6.43. The number of nitrogens with zero attached hydrogens (tertiary/aromatic N) is 2. The van der Waals surface area contributed by atoms with Gasteiger partial charge in [-0.25, -0.2) is 0 Å². The topological polar surface area (TPSA) is 71.1 Å². The van der Waals surface area contributed by atoms with E-state index in [2.05, 4.69) is 58.7 Å². The van der Waals surface area contributed by atoms with Gasteiger partial charge in [0, 0.05) is 51.3 Å². The molecule has 1 aliphatic heterocycles. The number of aryl methyl sites for hydroxylation is 1. The minimum atomic E-state index is -0.0285. The number of rotatable bonds is 11. The normalized spacial score (nSPS) is 13.4. The molecule has 4 aromatic rings. The molecule has 0 spiro atoms. The summed E-state index contributed by atoms with van der Waals surface area (Å²) in [6.45, 7) is 4.35. The highest BCUT2D eigenvalue weighted by atomic mass is 16.5. The zero-order chi connectivity index (χ0) is 30.0. The molecule has 1 N–H and O–H groups in total. The van der Waals surface area contributed by atoms with E-state index >= 15 is 0 Å². The standard InChI is InChI=1S/C36H39N3O4/c1-42-33-18-14-27(24-34(33)43-2)15-19-35(40)37-25-28-12-16-30(17-13-28)36(41)39-22-20-38(21-23-39)26-31-10-6-7-11-32(31)29-8-4-3-5-9-29/h3-14,16-18,24H,15,19-23,25-26H2,1-2H3,(H,37,40). The van der Waals surface area contributed by atoms with Crippen molar-refractivity contribution in [3.8, 4) is 22.6 Å². The molecule has 1 aliphatic rings. The maximum Gasteiger partial charge on any atom is 0.253 e. The first-order valence-corrected chi connectivity index (χ1v) is 14.8. The maximum atomic E-state index is 13.2. The minimum absolute atomic E-state index is 0.0285. The lowest BCUT2D eigenvalue weighted by Gasteiger charge is -2.35. The van der Waals surface area contributed by atoms with Crippen molar-refractivity contribution in [2.75, 3.05) is 40.4 Å². The summed E-state index contributed by atoms with van der Waals surface area (Å²) < 4.78 is 10.6. The number of amides is 2. The number of nitrogens with one attached hydrogen (secondary N) is 1. The molecule has 0 bridgehead atoms. The average Bonchev–Trinajstić information content (AvgIpc) is 3.07. The van der Waals surface area contributed by atoms with Crippen LogP contribution in [0, 0.1) is 0 Å². The van der Waals surface area contributed by atoms with Crippen LogP contribution in [-0.4, -0.2) is 62.0 Å². The molecule has 1 heterocycles. The van der Waals surface area contributed by atoms with E-state index in [4.69, 9.17) is 9.47 Å². The Morgan fingerprint density at radius 1 is 0.744 bits per heavy atom. The lowest BCUT2D eigenvalue weighted by molar-refractivity contribution is -0.121. The van der Waals surface area contributed by atoms with E-state index in [1.165, 1.54) is 16.7 Å². The van der Waals surface area contributed by atoms with Crippen LogP contribution in [0.15, 0.2) is 97.1 Å². The van der Waals surface area contributed by atoms with Gasteiger partial charge in [0.05, 0.1) is 14.2 Å².